The molecule has 0 radical (unpaired) electrons. The largest absolute Gasteiger partial charge is 0.335 e. The van der Waals surface area contributed by atoms with E-state index in [4.69, 9.17) is 9.97 Å². The summed E-state index contributed by atoms with van der Waals surface area (Å²) in [5.74, 6) is 1.10. The highest BCUT2D eigenvalue weighted by Gasteiger charge is 2.19. The normalized spacial score (nSPS) is 14.1. The van der Waals surface area contributed by atoms with Gasteiger partial charge in [-0.2, -0.15) is 5.10 Å². The van der Waals surface area contributed by atoms with E-state index in [9.17, 15) is 4.79 Å². The summed E-state index contributed by atoms with van der Waals surface area (Å²) in [5, 5.41) is 10.6. The number of pyridine rings is 4. The standard InChI is InChI=1S/C30H27N9O/c40-26(11-18-5-2-1-3-6-18)34-21-12-20(14-32-15-21)23-8-9-24-28(35-23)29(39-38-24)30-36-25-17-33-16-22(27(25)37-30)19-7-4-10-31-13-19/h4,7-10,12-18H,1-3,5-6,11H2,(H,34,40)(H,36,37)(H,38,39). The summed E-state index contributed by atoms with van der Waals surface area (Å²) < 4.78 is 0. The molecule has 1 aliphatic carbocycles. The van der Waals surface area contributed by atoms with Gasteiger partial charge in [-0.15, -0.1) is 0 Å². The van der Waals surface area contributed by atoms with Crippen molar-refractivity contribution in [3.63, 3.8) is 0 Å². The van der Waals surface area contributed by atoms with Gasteiger partial charge in [0, 0.05) is 47.9 Å². The van der Waals surface area contributed by atoms with E-state index in [1.807, 2.05) is 30.3 Å². The zero-order chi connectivity index (χ0) is 26.9. The van der Waals surface area contributed by atoms with Gasteiger partial charge >= 0.3 is 0 Å². The van der Waals surface area contributed by atoms with Crippen LogP contribution in [0, 0.1) is 5.92 Å². The molecule has 1 amide bonds. The van der Waals surface area contributed by atoms with Gasteiger partial charge in [0.1, 0.15) is 11.0 Å². The second-order valence-corrected chi connectivity index (χ2v) is 10.3. The first-order valence-electron chi connectivity index (χ1n) is 13.6. The Morgan fingerprint density at radius 3 is 2.62 bits per heavy atom. The Morgan fingerprint density at radius 1 is 0.875 bits per heavy atom. The van der Waals surface area contributed by atoms with E-state index in [0.717, 1.165) is 51.8 Å². The monoisotopic (exact) mass is 529 g/mol. The molecule has 0 unspecified atom stereocenters. The number of aromatic nitrogens is 8. The molecule has 40 heavy (non-hydrogen) atoms. The second-order valence-electron chi connectivity index (χ2n) is 10.3. The maximum absolute atomic E-state index is 12.7. The molecule has 1 aliphatic rings. The Balaban J connectivity index is 1.19. The van der Waals surface area contributed by atoms with Crippen LogP contribution in [0.5, 0.6) is 0 Å². The van der Waals surface area contributed by atoms with Gasteiger partial charge in [0.2, 0.25) is 5.91 Å². The number of nitrogens with zero attached hydrogens (tertiary/aromatic N) is 6. The van der Waals surface area contributed by atoms with Crippen molar-refractivity contribution in [1.82, 2.24) is 40.1 Å². The van der Waals surface area contributed by atoms with Gasteiger partial charge in [0.25, 0.3) is 0 Å². The van der Waals surface area contributed by atoms with E-state index in [-0.39, 0.29) is 5.91 Å². The number of nitrogens with one attached hydrogen (secondary N) is 3. The molecule has 1 saturated carbocycles. The van der Waals surface area contributed by atoms with Crippen molar-refractivity contribution in [3.05, 3.63) is 67.5 Å². The van der Waals surface area contributed by atoms with E-state index in [2.05, 4.69) is 35.5 Å². The van der Waals surface area contributed by atoms with Gasteiger partial charge < -0.3 is 10.3 Å². The molecule has 0 aromatic carbocycles. The molecule has 0 bridgehead atoms. The average molecular weight is 530 g/mol. The lowest BCUT2D eigenvalue weighted by Crippen LogP contribution is -2.18. The summed E-state index contributed by atoms with van der Waals surface area (Å²) in [6.07, 6.45) is 17.0. The Morgan fingerprint density at radius 2 is 1.75 bits per heavy atom. The molecule has 10 nitrogen and oxygen atoms in total. The van der Waals surface area contributed by atoms with Crippen LogP contribution < -0.4 is 5.32 Å². The number of hydrogen-bond donors (Lipinski definition) is 3. The molecule has 0 aliphatic heterocycles. The quantitative estimate of drug-likeness (QED) is 0.243. The second kappa shape index (κ2) is 10.3. The van der Waals surface area contributed by atoms with Crippen LogP contribution in [0.4, 0.5) is 5.69 Å². The molecule has 1 fully saturated rings. The predicted molar refractivity (Wildman–Crippen MR) is 153 cm³/mol. The lowest BCUT2D eigenvalue weighted by atomic mass is 9.87. The van der Waals surface area contributed by atoms with E-state index in [0.29, 0.717) is 35.1 Å². The third kappa shape index (κ3) is 4.68. The number of aromatic amines is 2. The van der Waals surface area contributed by atoms with Crippen LogP contribution in [0.1, 0.15) is 38.5 Å². The average Bonchev–Trinajstić information content (AvgIpc) is 3.62. The first-order chi connectivity index (χ1) is 19.7. The first kappa shape index (κ1) is 24.1. The molecule has 0 atom stereocenters. The van der Waals surface area contributed by atoms with Crippen molar-refractivity contribution in [2.75, 3.05) is 5.32 Å². The van der Waals surface area contributed by atoms with Gasteiger partial charge in [-0.3, -0.25) is 24.8 Å². The van der Waals surface area contributed by atoms with Gasteiger partial charge in [0.05, 0.1) is 34.8 Å². The van der Waals surface area contributed by atoms with Crippen molar-refractivity contribution >= 4 is 33.7 Å². The lowest BCUT2D eigenvalue weighted by Gasteiger charge is -2.20. The topological polar surface area (TPSA) is 138 Å². The van der Waals surface area contributed by atoms with Crippen LogP contribution in [-0.4, -0.2) is 46.0 Å². The van der Waals surface area contributed by atoms with Gasteiger partial charge in [0.15, 0.2) is 11.5 Å². The SMILES string of the molecule is O=C(CC1CCCCC1)Nc1cncc(-c2ccc3[nH]nc(-c4nc5c(-c6cccnc6)cncc5[nH]4)c3n2)c1. The number of hydrogen-bond acceptors (Lipinski definition) is 7. The third-order valence-corrected chi connectivity index (χ3v) is 7.52. The van der Waals surface area contributed by atoms with E-state index in [1.165, 1.54) is 19.3 Å². The highest BCUT2D eigenvalue weighted by Crippen LogP contribution is 2.31. The lowest BCUT2D eigenvalue weighted by molar-refractivity contribution is -0.117. The Kier molecular flexibility index (Phi) is 6.19. The van der Waals surface area contributed by atoms with E-state index < -0.39 is 0 Å². The molecular weight excluding hydrogens is 502 g/mol. The molecule has 0 spiro atoms. The number of H-pyrrole nitrogens is 2. The molecule has 7 rings (SSSR count). The molecule has 6 heterocycles. The summed E-state index contributed by atoms with van der Waals surface area (Å²) >= 11 is 0. The van der Waals surface area contributed by atoms with Crippen LogP contribution >= 0.6 is 0 Å². The van der Waals surface area contributed by atoms with Crippen LogP contribution in [-0.2, 0) is 4.79 Å². The van der Waals surface area contributed by atoms with Gasteiger partial charge in [-0.25, -0.2) is 9.97 Å². The summed E-state index contributed by atoms with van der Waals surface area (Å²) in [4.78, 5) is 38.8. The molecule has 0 saturated heterocycles. The summed E-state index contributed by atoms with van der Waals surface area (Å²) in [6.45, 7) is 0. The fraction of sp³-hybridized carbons (Fsp3) is 0.233. The molecule has 198 valence electrons. The third-order valence-electron chi connectivity index (χ3n) is 7.52. The minimum Gasteiger partial charge on any atom is -0.335 e. The molecule has 6 aromatic rings. The summed E-state index contributed by atoms with van der Waals surface area (Å²) in [7, 11) is 0. The van der Waals surface area contributed by atoms with Crippen molar-refractivity contribution in [1.29, 1.82) is 0 Å². The number of imidazole rings is 1. The number of carbonyl (C=O) groups excluding carboxylic acids is 1. The minimum absolute atomic E-state index is 0.0383. The van der Waals surface area contributed by atoms with Crippen LogP contribution in [0.2, 0.25) is 0 Å². The zero-order valence-corrected chi connectivity index (χ0v) is 21.8. The van der Waals surface area contributed by atoms with Crippen molar-refractivity contribution in [2.24, 2.45) is 5.92 Å². The molecule has 6 aromatic heterocycles. The summed E-state index contributed by atoms with van der Waals surface area (Å²) in [6, 6.07) is 9.63. The number of carbonyl (C=O) groups is 1. The zero-order valence-electron chi connectivity index (χ0n) is 21.8. The van der Waals surface area contributed by atoms with Gasteiger partial charge in [-0.05, 0) is 43.0 Å². The number of amides is 1. The highest BCUT2D eigenvalue weighted by atomic mass is 16.1. The maximum Gasteiger partial charge on any atom is 0.224 e. The first-order valence-corrected chi connectivity index (χ1v) is 13.6. The molecular formula is C30H27N9O. The molecule has 3 N–H and O–H groups in total. The Bertz CT molecular complexity index is 1820. The van der Waals surface area contributed by atoms with Gasteiger partial charge in [-0.1, -0.05) is 25.3 Å². The van der Waals surface area contributed by atoms with Crippen LogP contribution in [0.3, 0.4) is 0 Å². The molecule has 10 heteroatoms. The maximum atomic E-state index is 12.7. The predicted octanol–water partition coefficient (Wildman–Crippen LogP) is 5.93. The van der Waals surface area contributed by atoms with E-state index in [1.54, 1.807) is 37.2 Å². The van der Waals surface area contributed by atoms with Crippen LogP contribution in [0.15, 0.2) is 67.5 Å². The smallest absolute Gasteiger partial charge is 0.224 e. The van der Waals surface area contributed by atoms with Crippen molar-refractivity contribution < 1.29 is 4.79 Å². The van der Waals surface area contributed by atoms with Crippen molar-refractivity contribution in [2.45, 2.75) is 38.5 Å². The minimum atomic E-state index is 0.0383. The Hall–Kier alpha value is -4.99. The van der Waals surface area contributed by atoms with E-state index >= 15 is 0 Å². The van der Waals surface area contributed by atoms with Crippen molar-refractivity contribution in [3.8, 4) is 33.9 Å². The van der Waals surface area contributed by atoms with Crippen LogP contribution in [0.25, 0.3) is 56.0 Å². The Labute approximate surface area is 229 Å². The highest BCUT2D eigenvalue weighted by molar-refractivity contribution is 5.96. The fourth-order valence-electron chi connectivity index (χ4n) is 5.52. The summed E-state index contributed by atoms with van der Waals surface area (Å²) in [5.41, 5.74) is 7.66. The number of anilines is 1. The fourth-order valence-corrected chi connectivity index (χ4v) is 5.52. The number of fused-ring (bicyclic) bond motifs is 2. The number of rotatable bonds is 6.